The van der Waals surface area contributed by atoms with Gasteiger partial charge in [-0.3, -0.25) is 0 Å². The molecule has 0 rings (SSSR count). The quantitative estimate of drug-likeness (QED) is 0.279. The van der Waals surface area contributed by atoms with Crippen LogP contribution in [-0.4, -0.2) is 8.11 Å². The number of hydrogen-bond donors (Lipinski definition) is 0. The molecule has 0 aromatic heterocycles. The van der Waals surface area contributed by atoms with Gasteiger partial charge in [0.2, 0.25) is 0 Å². The monoisotopic (exact) mass is 289 g/mol. The summed E-state index contributed by atoms with van der Waals surface area (Å²) in [5.41, 5.74) is 0. The average molecular weight is 290 g/mol. The van der Waals surface area contributed by atoms with Crippen molar-refractivity contribution >= 4 is 19.2 Å². The predicted molar refractivity (Wildman–Crippen MR) is 87.8 cm³/mol. The van der Waals surface area contributed by atoms with E-state index in [1.54, 1.807) is 0 Å². The largest absolute Gasteiger partial charge is 0.169 e. The molecule has 0 N–H and O–H groups in total. The minimum Gasteiger partial charge on any atom is -0.169 e. The van der Waals surface area contributed by atoms with Crippen molar-refractivity contribution in [3.8, 4) is 0 Å². The Morgan fingerprint density at radius 1 is 0.778 bits per heavy atom. The van der Waals surface area contributed by atoms with Crippen LogP contribution in [0.25, 0.3) is 0 Å². The van der Waals surface area contributed by atoms with Crippen molar-refractivity contribution in [2.24, 2.45) is 11.8 Å². The number of hydrogen-bond acceptors (Lipinski definition) is 0. The van der Waals surface area contributed by atoms with Crippen LogP contribution in [0, 0.1) is 11.8 Å². The molecule has 18 heavy (non-hydrogen) atoms. The fraction of sp³-hybridized carbons (Fsp3) is 1.00. The lowest BCUT2D eigenvalue weighted by molar-refractivity contribution is 0.473. The zero-order valence-corrected chi connectivity index (χ0v) is 14.9. The Morgan fingerprint density at radius 2 is 1.17 bits per heavy atom. The smallest absolute Gasteiger partial charge is 0.166 e. The van der Waals surface area contributed by atoms with Gasteiger partial charge in [-0.25, -0.2) is 0 Å². The van der Waals surface area contributed by atoms with Crippen LogP contribution >= 0.6 is 11.1 Å². The molecular weight excluding hydrogens is 256 g/mol. The molecule has 0 heterocycles. The summed E-state index contributed by atoms with van der Waals surface area (Å²) in [5, 5.41) is 0. The van der Waals surface area contributed by atoms with Gasteiger partial charge in [-0.2, -0.15) is 11.1 Å². The third-order valence-corrected chi connectivity index (χ3v) is 7.07. The maximum absolute atomic E-state index is 6.69. The van der Waals surface area contributed by atoms with Crippen molar-refractivity contribution in [3.05, 3.63) is 0 Å². The maximum Gasteiger partial charge on any atom is 0.166 e. The second kappa shape index (κ2) is 12.5. The molecule has 2 unspecified atom stereocenters. The van der Waals surface area contributed by atoms with Crippen molar-refractivity contribution in [3.63, 3.8) is 0 Å². The fourth-order valence-corrected chi connectivity index (χ4v) is 6.31. The van der Waals surface area contributed by atoms with Gasteiger partial charge in [0, 0.05) is 0 Å². The van der Waals surface area contributed by atoms with E-state index in [1.165, 1.54) is 63.5 Å². The van der Waals surface area contributed by atoms with Gasteiger partial charge in [-0.05, 0) is 23.9 Å². The zero-order chi connectivity index (χ0) is 13.8. The van der Waals surface area contributed by atoms with Crippen LogP contribution in [0.4, 0.5) is 0 Å². The van der Waals surface area contributed by atoms with Gasteiger partial charge in [0.05, 0.1) is 0 Å². The van der Waals surface area contributed by atoms with Crippen molar-refractivity contribution < 1.29 is 0 Å². The SMILES string of the molecule is CCCCC(CC)C[Si](Cl)CC(CC)CCCC. The first-order chi connectivity index (χ1) is 8.67. The highest BCUT2D eigenvalue weighted by Gasteiger charge is 2.19. The Bertz CT molecular complexity index is 154. The van der Waals surface area contributed by atoms with Crippen LogP contribution in [0.5, 0.6) is 0 Å². The summed E-state index contributed by atoms with van der Waals surface area (Å²) in [6, 6.07) is 2.68. The van der Waals surface area contributed by atoms with Gasteiger partial charge >= 0.3 is 0 Å². The van der Waals surface area contributed by atoms with E-state index in [4.69, 9.17) is 11.1 Å². The van der Waals surface area contributed by atoms with E-state index in [2.05, 4.69) is 27.7 Å². The topological polar surface area (TPSA) is 0 Å². The molecule has 109 valence electrons. The fourth-order valence-electron chi connectivity index (χ4n) is 2.60. The standard InChI is InChI=1S/C16H34ClSi/c1-5-9-11-15(7-3)13-18(17)14-16(8-4)12-10-6-2/h15-16H,5-14H2,1-4H3. The van der Waals surface area contributed by atoms with Crippen molar-refractivity contribution in [2.75, 3.05) is 0 Å². The van der Waals surface area contributed by atoms with Crippen LogP contribution in [0.1, 0.15) is 79.1 Å². The van der Waals surface area contributed by atoms with Crippen molar-refractivity contribution in [2.45, 2.75) is 91.1 Å². The molecule has 0 spiro atoms. The molecule has 0 aliphatic rings. The molecule has 1 radical (unpaired) electrons. The zero-order valence-electron chi connectivity index (χ0n) is 13.1. The Balaban J connectivity index is 3.92. The molecule has 0 nitrogen and oxygen atoms in total. The van der Waals surface area contributed by atoms with Crippen LogP contribution in [0.2, 0.25) is 12.1 Å². The molecule has 0 fully saturated rings. The third kappa shape index (κ3) is 9.44. The number of halogens is 1. The summed E-state index contributed by atoms with van der Waals surface area (Å²) < 4.78 is 0. The summed E-state index contributed by atoms with van der Waals surface area (Å²) in [6.07, 6.45) is 10.9. The second-order valence-electron chi connectivity index (χ2n) is 5.76. The molecule has 0 amide bonds. The van der Waals surface area contributed by atoms with Crippen LogP contribution in [0.3, 0.4) is 0 Å². The minimum absolute atomic E-state index is 0.599. The van der Waals surface area contributed by atoms with E-state index < -0.39 is 8.11 Å². The molecule has 0 aromatic carbocycles. The van der Waals surface area contributed by atoms with E-state index in [0.29, 0.717) is 0 Å². The summed E-state index contributed by atoms with van der Waals surface area (Å²) in [6.45, 7) is 9.25. The van der Waals surface area contributed by atoms with Crippen LogP contribution in [0.15, 0.2) is 0 Å². The number of rotatable bonds is 12. The van der Waals surface area contributed by atoms with Crippen LogP contribution < -0.4 is 0 Å². The molecule has 0 saturated carbocycles. The van der Waals surface area contributed by atoms with Crippen molar-refractivity contribution in [1.29, 1.82) is 0 Å². The van der Waals surface area contributed by atoms with Crippen LogP contribution in [-0.2, 0) is 0 Å². The Hall–Kier alpha value is 0.507. The van der Waals surface area contributed by atoms with Gasteiger partial charge in [0.1, 0.15) is 0 Å². The predicted octanol–water partition coefficient (Wildman–Crippen LogP) is 6.65. The van der Waals surface area contributed by atoms with Gasteiger partial charge < -0.3 is 0 Å². The highest BCUT2D eigenvalue weighted by Crippen LogP contribution is 2.27. The van der Waals surface area contributed by atoms with E-state index >= 15 is 0 Å². The summed E-state index contributed by atoms with van der Waals surface area (Å²) >= 11 is 6.69. The van der Waals surface area contributed by atoms with Gasteiger partial charge in [-0.15, -0.1) is 0 Å². The minimum atomic E-state index is -0.599. The average Bonchev–Trinajstić information content (AvgIpc) is 2.39. The lowest BCUT2D eigenvalue weighted by Gasteiger charge is -2.20. The second-order valence-corrected chi connectivity index (χ2v) is 9.21. The summed E-state index contributed by atoms with van der Waals surface area (Å²) in [7, 11) is -0.599. The molecule has 2 heteroatoms. The Kier molecular flexibility index (Phi) is 12.9. The van der Waals surface area contributed by atoms with E-state index in [1.807, 2.05) is 0 Å². The maximum atomic E-state index is 6.69. The summed E-state index contributed by atoms with van der Waals surface area (Å²) in [4.78, 5) is 0. The first-order valence-electron chi connectivity index (χ1n) is 8.17. The van der Waals surface area contributed by atoms with E-state index in [-0.39, 0.29) is 0 Å². The van der Waals surface area contributed by atoms with Gasteiger partial charge in [0.15, 0.2) is 8.11 Å². The van der Waals surface area contributed by atoms with E-state index in [9.17, 15) is 0 Å². The first-order valence-corrected chi connectivity index (χ1v) is 11.1. The summed E-state index contributed by atoms with van der Waals surface area (Å²) in [5.74, 6) is 1.81. The first kappa shape index (κ1) is 18.5. The van der Waals surface area contributed by atoms with Gasteiger partial charge in [0.25, 0.3) is 0 Å². The number of unbranched alkanes of at least 4 members (excludes halogenated alkanes) is 2. The van der Waals surface area contributed by atoms with E-state index in [0.717, 1.165) is 11.8 Å². The molecular formula is C16H34ClSi. The molecule has 0 aliphatic carbocycles. The lowest BCUT2D eigenvalue weighted by Crippen LogP contribution is -2.15. The van der Waals surface area contributed by atoms with Crippen molar-refractivity contribution in [1.82, 2.24) is 0 Å². The highest BCUT2D eigenvalue weighted by atomic mass is 35.6. The third-order valence-electron chi connectivity index (χ3n) is 4.11. The molecule has 0 aromatic rings. The van der Waals surface area contributed by atoms with Gasteiger partial charge in [-0.1, -0.05) is 79.1 Å². The normalized spacial score (nSPS) is 15.0. The Morgan fingerprint density at radius 3 is 1.44 bits per heavy atom. The highest BCUT2D eigenvalue weighted by molar-refractivity contribution is 7.06. The molecule has 2 atom stereocenters. The molecule has 0 bridgehead atoms. The Labute approximate surface area is 122 Å². The lowest BCUT2D eigenvalue weighted by atomic mass is 10.0. The molecule has 0 saturated heterocycles. The molecule has 0 aliphatic heterocycles.